The van der Waals surface area contributed by atoms with Gasteiger partial charge in [0.1, 0.15) is 0 Å². The van der Waals surface area contributed by atoms with Crippen molar-refractivity contribution in [3.8, 4) is 17.2 Å². The van der Waals surface area contributed by atoms with E-state index in [1.165, 1.54) is 7.11 Å². The molecule has 100 valence electrons. The summed E-state index contributed by atoms with van der Waals surface area (Å²) < 4.78 is 10.9. The summed E-state index contributed by atoms with van der Waals surface area (Å²) in [7, 11) is 1.52. The molecule has 6 heteroatoms. The van der Waals surface area contributed by atoms with Crippen LogP contribution in [0.15, 0.2) is 30.3 Å². The van der Waals surface area contributed by atoms with Crippen LogP contribution in [0.5, 0.6) is 17.2 Å². The molecule has 0 heterocycles. The first-order valence-corrected chi connectivity index (χ1v) is 6.40. The van der Waals surface area contributed by atoms with Gasteiger partial charge in [-0.3, -0.25) is 0 Å². The molecule has 2 aromatic carbocycles. The summed E-state index contributed by atoms with van der Waals surface area (Å²) >= 11 is 18.0. The van der Waals surface area contributed by atoms with Crippen molar-refractivity contribution >= 4 is 40.5 Å². The van der Waals surface area contributed by atoms with Crippen LogP contribution in [0.4, 0.5) is 5.69 Å². The van der Waals surface area contributed by atoms with Crippen molar-refractivity contribution in [2.45, 2.75) is 0 Å². The van der Waals surface area contributed by atoms with Gasteiger partial charge in [0.05, 0.1) is 17.2 Å². The number of anilines is 1. The summed E-state index contributed by atoms with van der Waals surface area (Å²) in [6, 6.07) is 8.11. The molecule has 0 aromatic heterocycles. The van der Waals surface area contributed by atoms with Gasteiger partial charge in [-0.15, -0.1) is 0 Å². The molecule has 2 N–H and O–H groups in total. The molecular weight excluding hydrogens is 309 g/mol. The highest BCUT2D eigenvalue weighted by Crippen LogP contribution is 2.41. The van der Waals surface area contributed by atoms with E-state index in [1.807, 2.05) is 0 Å². The highest BCUT2D eigenvalue weighted by Gasteiger charge is 2.13. The maximum absolute atomic E-state index is 6.06. The Morgan fingerprint density at radius 1 is 0.947 bits per heavy atom. The fraction of sp³-hybridized carbons (Fsp3) is 0.0769. The van der Waals surface area contributed by atoms with Gasteiger partial charge in [-0.25, -0.2) is 0 Å². The monoisotopic (exact) mass is 317 g/mol. The Labute approximate surface area is 125 Å². The Hall–Kier alpha value is -1.29. The molecule has 0 amide bonds. The lowest BCUT2D eigenvalue weighted by Gasteiger charge is -2.13. The molecule has 2 rings (SSSR count). The smallest absolute Gasteiger partial charge is 0.169 e. The first-order chi connectivity index (χ1) is 9.01. The Kier molecular flexibility index (Phi) is 4.30. The van der Waals surface area contributed by atoms with E-state index in [0.717, 1.165) is 0 Å². The van der Waals surface area contributed by atoms with Crippen LogP contribution in [0.2, 0.25) is 15.1 Å². The number of methoxy groups -OCH3 is 1. The minimum atomic E-state index is 0.318. The number of nitrogen functional groups attached to an aromatic ring is 1. The third-order valence-corrected chi connectivity index (χ3v) is 3.15. The minimum absolute atomic E-state index is 0.318. The second-order valence-electron chi connectivity index (χ2n) is 3.71. The predicted molar refractivity (Wildman–Crippen MR) is 79.0 cm³/mol. The molecule has 0 aliphatic rings. The molecule has 0 spiro atoms. The summed E-state index contributed by atoms with van der Waals surface area (Å²) in [5, 5.41) is 1.18. The molecule has 2 aromatic rings. The molecule has 0 radical (unpaired) electrons. The number of hydrogen-bond acceptors (Lipinski definition) is 3. The fourth-order valence-electron chi connectivity index (χ4n) is 1.51. The normalized spacial score (nSPS) is 10.3. The molecule has 0 aliphatic heterocycles. The van der Waals surface area contributed by atoms with Gasteiger partial charge >= 0.3 is 0 Å². The Morgan fingerprint density at radius 2 is 1.58 bits per heavy atom. The number of rotatable bonds is 3. The largest absolute Gasteiger partial charge is 0.493 e. The van der Waals surface area contributed by atoms with Gasteiger partial charge in [-0.05, 0) is 24.3 Å². The fourth-order valence-corrected chi connectivity index (χ4v) is 2.26. The van der Waals surface area contributed by atoms with Gasteiger partial charge in [0.25, 0.3) is 0 Å². The maximum Gasteiger partial charge on any atom is 0.169 e. The maximum atomic E-state index is 6.06. The minimum Gasteiger partial charge on any atom is -0.493 e. The zero-order valence-corrected chi connectivity index (χ0v) is 12.2. The number of hydrogen-bond donors (Lipinski definition) is 1. The van der Waals surface area contributed by atoms with E-state index in [-0.39, 0.29) is 0 Å². The molecule has 0 fully saturated rings. The molecule has 0 bridgehead atoms. The highest BCUT2D eigenvalue weighted by molar-refractivity contribution is 6.37. The quantitative estimate of drug-likeness (QED) is 0.807. The van der Waals surface area contributed by atoms with Gasteiger partial charge in [-0.2, -0.15) is 0 Å². The average molecular weight is 319 g/mol. The second kappa shape index (κ2) is 5.78. The summed E-state index contributed by atoms with van der Waals surface area (Å²) in [6.07, 6.45) is 0. The lowest BCUT2D eigenvalue weighted by atomic mass is 10.3. The van der Waals surface area contributed by atoms with Crippen molar-refractivity contribution in [2.24, 2.45) is 0 Å². The molecule has 0 aliphatic carbocycles. The van der Waals surface area contributed by atoms with Crippen LogP contribution in [0.25, 0.3) is 0 Å². The summed E-state index contributed by atoms with van der Waals surface area (Å²) in [5.41, 5.74) is 6.09. The van der Waals surface area contributed by atoms with Gasteiger partial charge in [0.2, 0.25) is 0 Å². The van der Waals surface area contributed by atoms with Crippen LogP contribution in [0.1, 0.15) is 0 Å². The van der Waals surface area contributed by atoms with E-state index < -0.39 is 0 Å². The van der Waals surface area contributed by atoms with Crippen LogP contribution < -0.4 is 15.2 Å². The second-order valence-corrected chi connectivity index (χ2v) is 4.96. The average Bonchev–Trinajstić information content (AvgIpc) is 2.35. The number of halogens is 3. The molecule has 19 heavy (non-hydrogen) atoms. The first kappa shape index (κ1) is 14.1. The van der Waals surface area contributed by atoms with Gasteiger partial charge in [0.15, 0.2) is 17.2 Å². The van der Waals surface area contributed by atoms with Crippen molar-refractivity contribution < 1.29 is 9.47 Å². The van der Waals surface area contributed by atoms with Crippen molar-refractivity contribution in [1.29, 1.82) is 0 Å². The molecule has 0 saturated carbocycles. The third-order valence-electron chi connectivity index (χ3n) is 2.36. The first-order valence-electron chi connectivity index (χ1n) is 5.27. The molecule has 0 atom stereocenters. The lowest BCUT2D eigenvalue weighted by molar-refractivity contribution is 0.379. The van der Waals surface area contributed by atoms with E-state index in [4.69, 9.17) is 50.0 Å². The summed E-state index contributed by atoms with van der Waals surface area (Å²) in [5.74, 6) is 1.26. The lowest BCUT2D eigenvalue weighted by Crippen LogP contribution is -1.93. The zero-order chi connectivity index (χ0) is 14.0. The van der Waals surface area contributed by atoms with Gasteiger partial charge < -0.3 is 15.2 Å². The Balaban J connectivity index is 2.42. The highest BCUT2D eigenvalue weighted by atomic mass is 35.5. The van der Waals surface area contributed by atoms with E-state index in [1.54, 1.807) is 30.3 Å². The van der Waals surface area contributed by atoms with Crippen molar-refractivity contribution in [3.63, 3.8) is 0 Å². The standard InChI is InChI=1S/C13H10Cl3NO2/c1-18-12-4-7(14)2-3-11(12)19-13-9(15)5-8(17)6-10(13)16/h2-6H,17H2,1H3. The Morgan fingerprint density at radius 3 is 2.16 bits per heavy atom. The number of benzene rings is 2. The van der Waals surface area contributed by atoms with E-state index >= 15 is 0 Å². The summed E-state index contributed by atoms with van der Waals surface area (Å²) in [4.78, 5) is 0. The van der Waals surface area contributed by atoms with Gasteiger partial charge in [0, 0.05) is 16.8 Å². The molecule has 0 saturated heterocycles. The van der Waals surface area contributed by atoms with Crippen LogP contribution in [-0.2, 0) is 0 Å². The van der Waals surface area contributed by atoms with Crippen LogP contribution in [0, 0.1) is 0 Å². The van der Waals surface area contributed by atoms with Gasteiger partial charge in [-0.1, -0.05) is 34.8 Å². The van der Waals surface area contributed by atoms with Crippen molar-refractivity contribution in [1.82, 2.24) is 0 Å². The van der Waals surface area contributed by atoms with Crippen molar-refractivity contribution in [2.75, 3.05) is 12.8 Å². The van der Waals surface area contributed by atoms with E-state index in [0.29, 0.717) is 38.0 Å². The number of nitrogens with two attached hydrogens (primary N) is 1. The van der Waals surface area contributed by atoms with Crippen LogP contribution in [-0.4, -0.2) is 7.11 Å². The predicted octanol–water partition coefficient (Wildman–Crippen LogP) is 5.03. The van der Waals surface area contributed by atoms with E-state index in [9.17, 15) is 0 Å². The van der Waals surface area contributed by atoms with Crippen LogP contribution in [0.3, 0.4) is 0 Å². The zero-order valence-electron chi connectivity index (χ0n) is 9.91. The van der Waals surface area contributed by atoms with E-state index in [2.05, 4.69) is 0 Å². The van der Waals surface area contributed by atoms with Crippen LogP contribution >= 0.6 is 34.8 Å². The third kappa shape index (κ3) is 3.18. The molecule has 3 nitrogen and oxygen atoms in total. The summed E-state index contributed by atoms with van der Waals surface area (Å²) in [6.45, 7) is 0. The topological polar surface area (TPSA) is 44.5 Å². The SMILES string of the molecule is COc1cc(Cl)ccc1Oc1c(Cl)cc(N)cc1Cl. The van der Waals surface area contributed by atoms with Crippen molar-refractivity contribution in [3.05, 3.63) is 45.4 Å². The number of ether oxygens (including phenoxy) is 2. The molecular formula is C13H10Cl3NO2. The molecule has 0 unspecified atom stereocenters. The Bertz CT molecular complexity index is 594.